The summed E-state index contributed by atoms with van der Waals surface area (Å²) in [6, 6.07) is 7.76. The standard InChI is InChI=1S/C13H19BrN2O/c1-4-10(9-15-2)13(17)16(3)12-7-5-11(14)6-8-12/h5-8,10,15H,4,9H2,1-3H3. The number of amides is 1. The maximum atomic E-state index is 12.2. The molecule has 1 N–H and O–H groups in total. The minimum Gasteiger partial charge on any atom is -0.319 e. The molecule has 1 rings (SSSR count). The van der Waals surface area contributed by atoms with E-state index >= 15 is 0 Å². The Morgan fingerprint density at radius 2 is 2.00 bits per heavy atom. The van der Waals surface area contributed by atoms with Crippen molar-refractivity contribution in [3.63, 3.8) is 0 Å². The van der Waals surface area contributed by atoms with Crippen LogP contribution in [0.25, 0.3) is 0 Å². The molecular formula is C13H19BrN2O. The van der Waals surface area contributed by atoms with Crippen LogP contribution in [0.2, 0.25) is 0 Å². The van der Waals surface area contributed by atoms with E-state index in [1.807, 2.05) is 45.3 Å². The minimum atomic E-state index is 0.0358. The smallest absolute Gasteiger partial charge is 0.231 e. The second-order valence-corrected chi connectivity index (χ2v) is 4.95. The van der Waals surface area contributed by atoms with E-state index in [9.17, 15) is 4.79 Å². The van der Waals surface area contributed by atoms with Crippen LogP contribution in [0.3, 0.4) is 0 Å². The Kier molecular flexibility index (Phi) is 5.65. The van der Waals surface area contributed by atoms with Crippen LogP contribution < -0.4 is 10.2 Å². The lowest BCUT2D eigenvalue weighted by Gasteiger charge is -2.23. The number of halogens is 1. The first-order chi connectivity index (χ1) is 8.10. The molecule has 4 heteroatoms. The predicted molar refractivity (Wildman–Crippen MR) is 75.3 cm³/mol. The molecule has 1 amide bonds. The molecule has 1 unspecified atom stereocenters. The van der Waals surface area contributed by atoms with Gasteiger partial charge in [0.25, 0.3) is 0 Å². The molecule has 17 heavy (non-hydrogen) atoms. The molecule has 1 aromatic rings. The molecule has 0 saturated carbocycles. The van der Waals surface area contributed by atoms with Gasteiger partial charge < -0.3 is 10.2 Å². The van der Waals surface area contributed by atoms with E-state index in [4.69, 9.17) is 0 Å². The van der Waals surface area contributed by atoms with E-state index in [2.05, 4.69) is 21.2 Å². The van der Waals surface area contributed by atoms with Gasteiger partial charge in [-0.25, -0.2) is 0 Å². The third-order valence-electron chi connectivity index (χ3n) is 2.84. The Labute approximate surface area is 111 Å². The summed E-state index contributed by atoms with van der Waals surface area (Å²) in [4.78, 5) is 13.9. The number of carbonyl (C=O) groups excluding carboxylic acids is 1. The zero-order valence-electron chi connectivity index (χ0n) is 10.5. The monoisotopic (exact) mass is 298 g/mol. The van der Waals surface area contributed by atoms with Gasteiger partial charge >= 0.3 is 0 Å². The summed E-state index contributed by atoms with van der Waals surface area (Å²) in [5, 5.41) is 3.06. The van der Waals surface area contributed by atoms with Crippen molar-refractivity contribution in [1.29, 1.82) is 0 Å². The lowest BCUT2D eigenvalue weighted by atomic mass is 10.0. The van der Waals surface area contributed by atoms with Crippen molar-refractivity contribution >= 4 is 27.5 Å². The van der Waals surface area contributed by atoms with Crippen molar-refractivity contribution in [2.45, 2.75) is 13.3 Å². The molecule has 0 bridgehead atoms. The fourth-order valence-electron chi connectivity index (χ4n) is 1.72. The molecule has 1 atom stereocenters. The van der Waals surface area contributed by atoms with Crippen molar-refractivity contribution in [3.05, 3.63) is 28.7 Å². The number of carbonyl (C=O) groups is 1. The van der Waals surface area contributed by atoms with Crippen LogP contribution in [0, 0.1) is 5.92 Å². The van der Waals surface area contributed by atoms with Crippen LogP contribution in [0.1, 0.15) is 13.3 Å². The molecule has 0 aliphatic carbocycles. The molecule has 1 aromatic carbocycles. The van der Waals surface area contributed by atoms with Crippen molar-refractivity contribution < 1.29 is 4.79 Å². The van der Waals surface area contributed by atoms with Crippen LogP contribution in [0.15, 0.2) is 28.7 Å². The zero-order valence-corrected chi connectivity index (χ0v) is 12.1. The Morgan fingerprint density at radius 3 is 2.47 bits per heavy atom. The molecule has 0 heterocycles. The molecule has 0 aliphatic heterocycles. The summed E-state index contributed by atoms with van der Waals surface area (Å²) in [5.41, 5.74) is 0.924. The topological polar surface area (TPSA) is 32.3 Å². The van der Waals surface area contributed by atoms with Crippen molar-refractivity contribution in [2.75, 3.05) is 25.5 Å². The Bertz CT molecular complexity index is 364. The summed E-state index contributed by atoms with van der Waals surface area (Å²) in [5.74, 6) is 0.192. The van der Waals surface area contributed by atoms with E-state index in [1.165, 1.54) is 0 Å². The molecular weight excluding hydrogens is 280 g/mol. The van der Waals surface area contributed by atoms with E-state index in [1.54, 1.807) is 4.90 Å². The minimum absolute atomic E-state index is 0.0358. The largest absolute Gasteiger partial charge is 0.319 e. The van der Waals surface area contributed by atoms with Gasteiger partial charge in [0.1, 0.15) is 0 Å². The molecule has 0 radical (unpaired) electrons. The SMILES string of the molecule is CCC(CNC)C(=O)N(C)c1ccc(Br)cc1. The van der Waals surface area contributed by atoms with Crippen molar-refractivity contribution in [1.82, 2.24) is 5.32 Å². The van der Waals surface area contributed by atoms with Crippen LogP contribution in [0.4, 0.5) is 5.69 Å². The number of hydrogen-bond acceptors (Lipinski definition) is 2. The number of anilines is 1. The van der Waals surface area contributed by atoms with E-state index in [-0.39, 0.29) is 11.8 Å². The first-order valence-electron chi connectivity index (χ1n) is 5.77. The fraction of sp³-hybridized carbons (Fsp3) is 0.462. The maximum Gasteiger partial charge on any atom is 0.231 e. The third-order valence-corrected chi connectivity index (χ3v) is 3.37. The van der Waals surface area contributed by atoms with Crippen LogP contribution in [-0.4, -0.2) is 26.5 Å². The predicted octanol–water partition coefficient (Wildman–Crippen LogP) is 2.66. The van der Waals surface area contributed by atoms with Crippen LogP contribution in [0.5, 0.6) is 0 Å². The van der Waals surface area contributed by atoms with Gasteiger partial charge in [0.15, 0.2) is 0 Å². The van der Waals surface area contributed by atoms with Gasteiger partial charge in [-0.2, -0.15) is 0 Å². The van der Waals surface area contributed by atoms with E-state index in [0.29, 0.717) is 0 Å². The molecule has 94 valence electrons. The summed E-state index contributed by atoms with van der Waals surface area (Å²) in [7, 11) is 3.69. The van der Waals surface area contributed by atoms with Gasteiger partial charge in [-0.05, 0) is 37.7 Å². The Hall–Kier alpha value is -0.870. The summed E-state index contributed by atoms with van der Waals surface area (Å²) in [6.07, 6.45) is 0.848. The normalized spacial score (nSPS) is 12.2. The van der Waals surface area contributed by atoms with Crippen molar-refractivity contribution in [3.8, 4) is 0 Å². The molecule has 0 aliphatic rings. The second-order valence-electron chi connectivity index (χ2n) is 4.04. The molecule has 0 spiro atoms. The fourth-order valence-corrected chi connectivity index (χ4v) is 1.98. The first-order valence-corrected chi connectivity index (χ1v) is 6.57. The van der Waals surface area contributed by atoms with E-state index < -0.39 is 0 Å². The number of nitrogens with one attached hydrogen (secondary N) is 1. The number of benzene rings is 1. The number of rotatable bonds is 5. The van der Waals surface area contributed by atoms with Gasteiger partial charge in [0.2, 0.25) is 5.91 Å². The molecule has 0 aromatic heterocycles. The van der Waals surface area contributed by atoms with Gasteiger partial charge in [-0.1, -0.05) is 22.9 Å². The maximum absolute atomic E-state index is 12.2. The van der Waals surface area contributed by atoms with Gasteiger partial charge in [0.05, 0.1) is 5.92 Å². The number of hydrogen-bond donors (Lipinski definition) is 1. The highest BCUT2D eigenvalue weighted by atomic mass is 79.9. The van der Waals surface area contributed by atoms with Gasteiger partial charge in [-0.3, -0.25) is 4.79 Å². The van der Waals surface area contributed by atoms with Crippen molar-refractivity contribution in [2.24, 2.45) is 5.92 Å². The molecule has 0 fully saturated rings. The molecule has 0 saturated heterocycles. The highest BCUT2D eigenvalue weighted by Gasteiger charge is 2.20. The Morgan fingerprint density at radius 1 is 1.41 bits per heavy atom. The summed E-state index contributed by atoms with van der Waals surface area (Å²) < 4.78 is 1.02. The summed E-state index contributed by atoms with van der Waals surface area (Å²) in [6.45, 7) is 2.76. The zero-order chi connectivity index (χ0) is 12.8. The Balaban J connectivity index is 2.77. The lowest BCUT2D eigenvalue weighted by Crippen LogP contribution is -2.37. The average molecular weight is 299 g/mol. The summed E-state index contributed by atoms with van der Waals surface area (Å²) >= 11 is 3.39. The average Bonchev–Trinajstić information content (AvgIpc) is 2.35. The quantitative estimate of drug-likeness (QED) is 0.906. The van der Waals surface area contributed by atoms with Gasteiger partial charge in [-0.15, -0.1) is 0 Å². The molecule has 3 nitrogen and oxygen atoms in total. The van der Waals surface area contributed by atoms with Crippen LogP contribution >= 0.6 is 15.9 Å². The van der Waals surface area contributed by atoms with Crippen LogP contribution in [-0.2, 0) is 4.79 Å². The highest BCUT2D eigenvalue weighted by molar-refractivity contribution is 9.10. The first kappa shape index (κ1) is 14.2. The van der Waals surface area contributed by atoms with E-state index in [0.717, 1.165) is 23.1 Å². The third kappa shape index (κ3) is 3.82. The van der Waals surface area contributed by atoms with Gasteiger partial charge in [0, 0.05) is 23.8 Å². The second kappa shape index (κ2) is 6.77. The lowest BCUT2D eigenvalue weighted by molar-refractivity contribution is -0.122. The highest BCUT2D eigenvalue weighted by Crippen LogP contribution is 2.19. The number of nitrogens with zero attached hydrogens (tertiary/aromatic N) is 1.